The molecule has 1 aliphatic heterocycles. The van der Waals surface area contributed by atoms with Crippen LogP contribution in [0.4, 0.5) is 9.18 Å². The van der Waals surface area contributed by atoms with E-state index in [9.17, 15) is 24.2 Å². The zero-order chi connectivity index (χ0) is 30.4. The summed E-state index contributed by atoms with van der Waals surface area (Å²) in [6.45, 7) is 5.12. The molecule has 1 fully saturated rings. The fraction of sp³-hybridized carbons (Fsp3) is 0.419. The number of hydrogen-bond donors (Lipinski definition) is 2. The van der Waals surface area contributed by atoms with Crippen molar-refractivity contribution in [2.75, 3.05) is 13.2 Å². The second-order valence-electron chi connectivity index (χ2n) is 11.3. The van der Waals surface area contributed by atoms with Crippen molar-refractivity contribution >= 4 is 23.6 Å². The van der Waals surface area contributed by atoms with Gasteiger partial charge in [-0.1, -0.05) is 35.9 Å². The van der Waals surface area contributed by atoms with Crippen molar-refractivity contribution in [2.24, 2.45) is 0 Å². The largest absolute Gasteiger partial charge is 0.444 e. The van der Waals surface area contributed by atoms with E-state index in [1.54, 1.807) is 62.1 Å². The van der Waals surface area contributed by atoms with E-state index in [2.05, 4.69) is 9.97 Å². The van der Waals surface area contributed by atoms with Crippen molar-refractivity contribution in [1.82, 2.24) is 19.8 Å². The maximum atomic E-state index is 14.1. The van der Waals surface area contributed by atoms with E-state index in [1.807, 2.05) is 12.1 Å². The summed E-state index contributed by atoms with van der Waals surface area (Å²) in [4.78, 5) is 37.3. The molecular weight excluding hydrogens is 563 g/mol. The van der Waals surface area contributed by atoms with Gasteiger partial charge in [0.1, 0.15) is 16.9 Å². The van der Waals surface area contributed by atoms with Crippen molar-refractivity contribution in [3.8, 4) is 0 Å². The van der Waals surface area contributed by atoms with E-state index in [1.165, 1.54) is 17.3 Å². The number of aliphatic hydroxyl groups is 2. The molecule has 3 unspecified atom stereocenters. The first-order chi connectivity index (χ1) is 20.0. The quantitative estimate of drug-likeness (QED) is 0.335. The molecule has 3 heterocycles. The van der Waals surface area contributed by atoms with Crippen LogP contribution in [-0.4, -0.2) is 72.8 Å². The minimum absolute atomic E-state index is 0.0272. The molecule has 0 bridgehead atoms. The number of rotatable bonds is 9. The normalized spacial score (nSPS) is 17.6. The molecule has 3 aromatic rings. The van der Waals surface area contributed by atoms with Crippen LogP contribution in [0.25, 0.3) is 0 Å². The number of likely N-dealkylation sites (tertiary alicyclic amines) is 1. The van der Waals surface area contributed by atoms with Crippen molar-refractivity contribution in [1.29, 1.82) is 0 Å². The Morgan fingerprint density at radius 2 is 1.88 bits per heavy atom. The van der Waals surface area contributed by atoms with Gasteiger partial charge in [-0.15, -0.1) is 0 Å². The van der Waals surface area contributed by atoms with Crippen molar-refractivity contribution in [2.45, 2.75) is 70.4 Å². The van der Waals surface area contributed by atoms with Crippen LogP contribution in [0.5, 0.6) is 0 Å². The van der Waals surface area contributed by atoms with Gasteiger partial charge in [-0.25, -0.2) is 14.8 Å². The van der Waals surface area contributed by atoms with Crippen LogP contribution in [0.2, 0.25) is 5.15 Å². The lowest BCUT2D eigenvalue weighted by atomic mass is 10.0. The third kappa shape index (κ3) is 7.81. The lowest BCUT2D eigenvalue weighted by Crippen LogP contribution is -2.47. The minimum Gasteiger partial charge on any atom is -0.444 e. The number of aromatic nitrogens is 2. The summed E-state index contributed by atoms with van der Waals surface area (Å²) in [5.41, 5.74) is 1.37. The van der Waals surface area contributed by atoms with Crippen LogP contribution in [0.3, 0.4) is 0 Å². The topological polar surface area (TPSA) is 116 Å². The Labute approximate surface area is 249 Å². The summed E-state index contributed by atoms with van der Waals surface area (Å²) in [7, 11) is 0. The summed E-state index contributed by atoms with van der Waals surface area (Å²) >= 11 is 5.92. The number of carbonyl (C=O) groups is 2. The third-order valence-corrected chi connectivity index (χ3v) is 7.36. The number of hydrogen-bond acceptors (Lipinski definition) is 7. The van der Waals surface area contributed by atoms with Gasteiger partial charge in [0.25, 0.3) is 5.91 Å². The van der Waals surface area contributed by atoms with Gasteiger partial charge >= 0.3 is 6.09 Å². The standard InChI is InChI=1S/C31H36ClFN4O5/c1-31(2,3)42-30(41)37-24(11-12-25(37)27(39)22-10-13-26(32)35-18-22)17-20-6-8-21(9-7-20)29(40)36(15-16-38)19-23-5-4-14-34-28(23)33/h4-10,13-14,18,24-25,27,38-39H,11-12,15-17,19H2,1-3H3. The molecule has 0 saturated carbocycles. The van der Waals surface area contributed by atoms with Crippen molar-refractivity contribution < 1.29 is 28.9 Å². The molecule has 224 valence electrons. The molecule has 1 aromatic carbocycles. The zero-order valence-electron chi connectivity index (χ0n) is 23.9. The van der Waals surface area contributed by atoms with E-state index < -0.39 is 29.8 Å². The number of halogens is 2. The summed E-state index contributed by atoms with van der Waals surface area (Å²) in [5.74, 6) is -1.01. The van der Waals surface area contributed by atoms with Gasteiger partial charge in [0, 0.05) is 41.7 Å². The number of amides is 2. The molecule has 9 nitrogen and oxygen atoms in total. The summed E-state index contributed by atoms with van der Waals surface area (Å²) in [6.07, 6.45) is 3.04. The van der Waals surface area contributed by atoms with Gasteiger partial charge in [-0.2, -0.15) is 4.39 Å². The Balaban J connectivity index is 1.51. The predicted molar refractivity (Wildman–Crippen MR) is 155 cm³/mol. The zero-order valence-corrected chi connectivity index (χ0v) is 24.7. The first-order valence-corrected chi connectivity index (χ1v) is 14.2. The van der Waals surface area contributed by atoms with Crippen molar-refractivity contribution in [3.05, 3.63) is 94.3 Å². The van der Waals surface area contributed by atoms with Crippen LogP contribution < -0.4 is 0 Å². The maximum absolute atomic E-state index is 14.1. The molecular formula is C31H36ClFN4O5. The molecule has 0 spiro atoms. The second-order valence-corrected chi connectivity index (χ2v) is 11.7. The monoisotopic (exact) mass is 598 g/mol. The smallest absolute Gasteiger partial charge is 0.410 e. The molecule has 0 aliphatic carbocycles. The maximum Gasteiger partial charge on any atom is 0.410 e. The summed E-state index contributed by atoms with van der Waals surface area (Å²) in [5, 5.41) is 21.0. The fourth-order valence-electron chi connectivity index (χ4n) is 5.16. The average Bonchev–Trinajstić information content (AvgIpc) is 3.36. The number of carbonyl (C=O) groups excluding carboxylic acids is 2. The SMILES string of the molecule is CC(C)(C)OC(=O)N1C(Cc2ccc(C(=O)N(CCO)Cc3cccnc3F)cc2)CCC1C(O)c1ccc(Cl)nc1. The Morgan fingerprint density at radius 1 is 1.14 bits per heavy atom. The number of aliphatic hydroxyl groups excluding tert-OH is 2. The first kappa shape index (κ1) is 31.3. The predicted octanol–water partition coefficient (Wildman–Crippen LogP) is 4.95. The molecule has 42 heavy (non-hydrogen) atoms. The Bertz CT molecular complexity index is 1370. The summed E-state index contributed by atoms with van der Waals surface area (Å²) < 4.78 is 19.8. The molecule has 11 heteroatoms. The Morgan fingerprint density at radius 3 is 2.50 bits per heavy atom. The van der Waals surface area contributed by atoms with E-state index in [0.717, 1.165) is 5.56 Å². The highest BCUT2D eigenvalue weighted by Gasteiger charge is 2.43. The van der Waals surface area contributed by atoms with Gasteiger partial charge in [0.15, 0.2) is 0 Å². The van der Waals surface area contributed by atoms with Crippen LogP contribution >= 0.6 is 11.6 Å². The van der Waals surface area contributed by atoms with Crippen LogP contribution in [0.1, 0.15) is 66.8 Å². The van der Waals surface area contributed by atoms with Gasteiger partial charge in [0.2, 0.25) is 5.95 Å². The van der Waals surface area contributed by atoms with Crippen LogP contribution in [-0.2, 0) is 17.7 Å². The minimum atomic E-state index is -0.977. The Kier molecular flexibility index (Phi) is 10.1. The van der Waals surface area contributed by atoms with Crippen molar-refractivity contribution in [3.63, 3.8) is 0 Å². The number of pyridine rings is 2. The molecule has 1 saturated heterocycles. The van der Waals surface area contributed by atoms with E-state index in [-0.39, 0.29) is 37.2 Å². The highest BCUT2D eigenvalue weighted by molar-refractivity contribution is 6.29. The van der Waals surface area contributed by atoms with E-state index >= 15 is 0 Å². The molecule has 2 N–H and O–H groups in total. The molecule has 2 amide bonds. The van der Waals surface area contributed by atoms with Crippen LogP contribution in [0.15, 0.2) is 60.9 Å². The van der Waals surface area contributed by atoms with E-state index in [0.29, 0.717) is 35.5 Å². The lowest BCUT2D eigenvalue weighted by molar-refractivity contribution is -0.00459. The fourth-order valence-corrected chi connectivity index (χ4v) is 5.27. The average molecular weight is 599 g/mol. The van der Waals surface area contributed by atoms with Gasteiger partial charge in [-0.05, 0) is 69.9 Å². The molecule has 4 rings (SSSR count). The second kappa shape index (κ2) is 13.6. The number of ether oxygens (including phenoxy) is 1. The number of nitrogens with zero attached hydrogens (tertiary/aromatic N) is 4. The molecule has 2 aromatic heterocycles. The van der Waals surface area contributed by atoms with E-state index in [4.69, 9.17) is 16.3 Å². The third-order valence-electron chi connectivity index (χ3n) is 7.13. The highest BCUT2D eigenvalue weighted by atomic mass is 35.5. The Hall–Kier alpha value is -3.60. The number of benzene rings is 1. The highest BCUT2D eigenvalue weighted by Crippen LogP contribution is 2.36. The first-order valence-electron chi connectivity index (χ1n) is 13.9. The van der Waals surface area contributed by atoms with Gasteiger partial charge < -0.3 is 19.8 Å². The lowest BCUT2D eigenvalue weighted by Gasteiger charge is -2.34. The summed E-state index contributed by atoms with van der Waals surface area (Å²) in [6, 6.07) is 12.7. The molecule has 3 atom stereocenters. The molecule has 0 radical (unpaired) electrons. The van der Waals surface area contributed by atoms with Gasteiger partial charge in [-0.3, -0.25) is 9.69 Å². The van der Waals surface area contributed by atoms with Gasteiger partial charge in [0.05, 0.1) is 19.2 Å². The van der Waals surface area contributed by atoms with Crippen LogP contribution in [0, 0.1) is 5.95 Å². The molecule has 1 aliphatic rings.